The molecule has 36 heavy (non-hydrogen) atoms. The first-order valence-electron chi connectivity index (χ1n) is 13.7. The minimum absolute atomic E-state index is 0.278. The summed E-state index contributed by atoms with van der Waals surface area (Å²) in [6.45, 7) is 13.0. The molecule has 1 amide bonds. The highest BCUT2D eigenvalue weighted by molar-refractivity contribution is 5.66. The number of nitrogens with one attached hydrogen (secondary N) is 1. The van der Waals surface area contributed by atoms with Crippen LogP contribution in [0.25, 0.3) is 0 Å². The summed E-state index contributed by atoms with van der Waals surface area (Å²) in [5, 5.41) is 2.69. The van der Waals surface area contributed by atoms with Gasteiger partial charge in [0.2, 0.25) is 0 Å². The monoisotopic (exact) mass is 507 g/mol. The van der Waals surface area contributed by atoms with Crippen molar-refractivity contribution in [1.82, 2.24) is 19.0 Å². The van der Waals surface area contributed by atoms with Crippen LogP contribution in [0.4, 0.5) is 4.79 Å². The van der Waals surface area contributed by atoms with Crippen LogP contribution in [0.15, 0.2) is 14.4 Å². The summed E-state index contributed by atoms with van der Waals surface area (Å²) in [5.74, 6) is 0. The van der Waals surface area contributed by atoms with Gasteiger partial charge in [-0.1, -0.05) is 78.1 Å². The average molecular weight is 508 g/mol. The Morgan fingerprint density at radius 2 is 0.972 bits per heavy atom. The molecule has 1 N–H and O–H groups in total. The largest absolute Gasteiger partial charge is 0.450 e. The van der Waals surface area contributed by atoms with Crippen molar-refractivity contribution in [2.45, 2.75) is 116 Å². The van der Waals surface area contributed by atoms with Crippen molar-refractivity contribution in [3.05, 3.63) is 52.2 Å². The quantitative estimate of drug-likeness (QED) is 0.251. The van der Waals surface area contributed by atoms with Gasteiger partial charge in [0, 0.05) is 26.2 Å². The number of unbranched alkanes of at least 4 members (excludes halogenated alkanes) is 11. The van der Waals surface area contributed by atoms with Crippen LogP contribution in [0.1, 0.15) is 96.3 Å². The molecule has 0 fully saturated rings. The van der Waals surface area contributed by atoms with Crippen LogP contribution < -0.4 is 22.4 Å². The topological polar surface area (TPSA) is 104 Å². The molecule has 0 spiro atoms. The summed E-state index contributed by atoms with van der Waals surface area (Å²) < 4.78 is 8.61. The third-order valence-electron chi connectivity index (χ3n) is 6.10. The molecular formula is C27H47N4O5. The van der Waals surface area contributed by atoms with Gasteiger partial charge in [0.05, 0.1) is 6.61 Å². The second-order valence-electron chi connectivity index (χ2n) is 9.17. The van der Waals surface area contributed by atoms with Crippen molar-refractivity contribution in [1.29, 1.82) is 0 Å². The standard InChI is InChI=1S/C27H47N4O5/c1-4-7-9-12-16-20-29-25(33)30(21-17-13-10-8-5-2)27(35)31(26(29)34)22-18-14-11-15-19-28-24(32)36-23-6-3/h1-23H2,(H,28,32). The van der Waals surface area contributed by atoms with Crippen LogP contribution in [0.5, 0.6) is 0 Å². The number of hydrogen-bond acceptors (Lipinski definition) is 5. The molecule has 3 radical (unpaired) electrons. The smallest absolute Gasteiger partial charge is 0.407 e. The summed E-state index contributed by atoms with van der Waals surface area (Å²) in [6.07, 6.45) is 12.3. The fourth-order valence-electron chi connectivity index (χ4n) is 4.01. The Morgan fingerprint density at radius 3 is 1.36 bits per heavy atom. The van der Waals surface area contributed by atoms with E-state index < -0.39 is 23.2 Å². The molecule has 0 aliphatic rings. The maximum absolute atomic E-state index is 13.1. The molecule has 1 aromatic rings. The number of hydrogen-bond donors (Lipinski definition) is 1. The lowest BCUT2D eigenvalue weighted by atomic mass is 10.1. The Hall–Kier alpha value is -2.32. The summed E-state index contributed by atoms with van der Waals surface area (Å²) >= 11 is 0. The van der Waals surface area contributed by atoms with Crippen LogP contribution in [-0.4, -0.2) is 32.9 Å². The molecule has 0 saturated heterocycles. The van der Waals surface area contributed by atoms with E-state index in [4.69, 9.17) is 4.74 Å². The molecule has 0 saturated carbocycles. The van der Waals surface area contributed by atoms with E-state index in [1.165, 1.54) is 13.7 Å². The lowest BCUT2D eigenvalue weighted by Crippen LogP contribution is -2.54. The SMILES string of the molecule is [CH2]CCCCCCn1c(=O)n(CCCCCC[CH2])c(=O)n(CCCCCCNC(=O)OCC[CH2])c1=O. The predicted octanol–water partition coefficient (Wildman–Crippen LogP) is 4.25. The van der Waals surface area contributed by atoms with E-state index in [-0.39, 0.29) is 6.54 Å². The lowest BCUT2D eigenvalue weighted by molar-refractivity contribution is 0.148. The van der Waals surface area contributed by atoms with E-state index in [2.05, 4.69) is 26.1 Å². The summed E-state index contributed by atoms with van der Waals surface area (Å²) in [6, 6.07) is 0. The third-order valence-corrected chi connectivity index (χ3v) is 6.10. The first-order valence-corrected chi connectivity index (χ1v) is 13.7. The van der Waals surface area contributed by atoms with Crippen molar-refractivity contribution in [3.63, 3.8) is 0 Å². The number of aromatic nitrogens is 3. The molecule has 0 atom stereocenters. The third kappa shape index (κ3) is 12.1. The molecular weight excluding hydrogens is 460 g/mol. The van der Waals surface area contributed by atoms with Crippen molar-refractivity contribution >= 4 is 6.09 Å². The molecule has 1 aromatic heterocycles. The Labute approximate surface area is 216 Å². The van der Waals surface area contributed by atoms with E-state index in [0.717, 1.165) is 83.5 Å². The summed E-state index contributed by atoms with van der Waals surface area (Å²) in [4.78, 5) is 50.6. The zero-order valence-electron chi connectivity index (χ0n) is 22.1. The van der Waals surface area contributed by atoms with Gasteiger partial charge >= 0.3 is 23.2 Å². The molecule has 1 heterocycles. The number of nitrogens with zero attached hydrogens (tertiary/aromatic N) is 3. The Kier molecular flexibility index (Phi) is 17.5. The Balaban J connectivity index is 2.76. The zero-order valence-corrected chi connectivity index (χ0v) is 22.1. The lowest BCUT2D eigenvalue weighted by Gasteiger charge is -2.14. The first-order chi connectivity index (χ1) is 17.5. The molecule has 0 bridgehead atoms. The summed E-state index contributed by atoms with van der Waals surface area (Å²) in [5.41, 5.74) is -1.51. The van der Waals surface area contributed by atoms with E-state index in [9.17, 15) is 19.2 Å². The van der Waals surface area contributed by atoms with Crippen LogP contribution in [0.3, 0.4) is 0 Å². The first kappa shape index (κ1) is 31.7. The van der Waals surface area contributed by atoms with Gasteiger partial charge in [0.15, 0.2) is 0 Å². The van der Waals surface area contributed by atoms with Crippen LogP contribution in [-0.2, 0) is 24.4 Å². The molecule has 0 aliphatic heterocycles. The fraction of sp³-hybridized carbons (Fsp3) is 0.741. The molecule has 0 unspecified atom stereocenters. The molecule has 0 aliphatic carbocycles. The highest BCUT2D eigenvalue weighted by Gasteiger charge is 2.15. The molecule has 9 nitrogen and oxygen atoms in total. The van der Waals surface area contributed by atoms with E-state index >= 15 is 0 Å². The normalized spacial score (nSPS) is 11.1. The Bertz CT molecular complexity index is 851. The highest BCUT2D eigenvalue weighted by Crippen LogP contribution is 2.04. The number of alkyl carbamates (subject to hydrolysis) is 1. The number of carbonyl (C=O) groups excluding carboxylic acids is 1. The van der Waals surface area contributed by atoms with Crippen molar-refractivity contribution in [2.75, 3.05) is 13.2 Å². The van der Waals surface area contributed by atoms with Crippen LogP contribution in [0, 0.1) is 20.8 Å². The number of rotatable bonds is 21. The average Bonchev–Trinajstić information content (AvgIpc) is 2.87. The predicted molar refractivity (Wildman–Crippen MR) is 144 cm³/mol. The minimum atomic E-state index is -0.509. The maximum atomic E-state index is 13.1. The fourth-order valence-corrected chi connectivity index (χ4v) is 4.01. The van der Waals surface area contributed by atoms with Crippen molar-refractivity contribution < 1.29 is 9.53 Å². The van der Waals surface area contributed by atoms with Gasteiger partial charge in [-0.2, -0.15) is 0 Å². The van der Waals surface area contributed by atoms with Gasteiger partial charge in [-0.25, -0.2) is 32.9 Å². The second-order valence-corrected chi connectivity index (χ2v) is 9.17. The second kappa shape index (κ2) is 19.8. The number of carbonyl (C=O) groups is 1. The zero-order chi connectivity index (χ0) is 26.6. The van der Waals surface area contributed by atoms with E-state index in [1.54, 1.807) is 0 Å². The van der Waals surface area contributed by atoms with Crippen LogP contribution in [0.2, 0.25) is 0 Å². The van der Waals surface area contributed by atoms with Crippen LogP contribution >= 0.6 is 0 Å². The highest BCUT2D eigenvalue weighted by atomic mass is 16.5. The van der Waals surface area contributed by atoms with E-state index in [1.807, 2.05) is 0 Å². The van der Waals surface area contributed by atoms with Crippen molar-refractivity contribution in [2.24, 2.45) is 0 Å². The van der Waals surface area contributed by atoms with Gasteiger partial charge in [-0.3, -0.25) is 0 Å². The molecule has 0 aromatic carbocycles. The van der Waals surface area contributed by atoms with Gasteiger partial charge in [0.25, 0.3) is 0 Å². The summed E-state index contributed by atoms with van der Waals surface area (Å²) in [7, 11) is 0. The van der Waals surface area contributed by atoms with Gasteiger partial charge in [0.1, 0.15) is 0 Å². The number of ether oxygens (including phenoxy) is 1. The maximum Gasteiger partial charge on any atom is 0.407 e. The van der Waals surface area contributed by atoms with E-state index in [0.29, 0.717) is 39.1 Å². The van der Waals surface area contributed by atoms with Gasteiger partial charge < -0.3 is 10.1 Å². The van der Waals surface area contributed by atoms with Gasteiger partial charge in [-0.15, -0.1) is 0 Å². The Morgan fingerprint density at radius 1 is 0.583 bits per heavy atom. The molecule has 205 valence electrons. The molecule has 1 rings (SSSR count). The van der Waals surface area contributed by atoms with Crippen molar-refractivity contribution in [3.8, 4) is 0 Å². The van der Waals surface area contributed by atoms with Gasteiger partial charge in [-0.05, 0) is 39.0 Å². The minimum Gasteiger partial charge on any atom is -0.450 e. The molecule has 9 heteroatoms. The number of amides is 1.